The van der Waals surface area contributed by atoms with Crippen molar-refractivity contribution in [2.24, 2.45) is 11.8 Å². The fourth-order valence-electron chi connectivity index (χ4n) is 3.74. The van der Waals surface area contributed by atoms with E-state index < -0.39 is 5.97 Å². The van der Waals surface area contributed by atoms with E-state index in [-0.39, 0.29) is 23.9 Å². The average molecular weight is 561 g/mol. The number of aliphatic carboxylic acids is 1. The number of hydrogen-bond donors (Lipinski definition) is 2. The quantitative estimate of drug-likeness (QED) is 0.119. The van der Waals surface area contributed by atoms with Crippen LogP contribution in [0.1, 0.15) is 85.0 Å². The Bertz CT molecular complexity index is 886. The van der Waals surface area contributed by atoms with Crippen LogP contribution in [0.5, 0.6) is 0 Å². The van der Waals surface area contributed by atoms with Crippen LogP contribution in [0.25, 0.3) is 0 Å². The Kier molecular flexibility index (Phi) is 22.8. The highest BCUT2D eigenvalue weighted by atomic mass is 35.5. The van der Waals surface area contributed by atoms with Gasteiger partial charge in [0.15, 0.2) is 0 Å². The number of hydrogen-bond acceptors (Lipinski definition) is 4. The highest BCUT2D eigenvalue weighted by Crippen LogP contribution is 2.23. The Hall–Kier alpha value is -2.63. The van der Waals surface area contributed by atoms with Gasteiger partial charge in [-0.3, -0.25) is 4.79 Å². The maximum absolute atomic E-state index is 11.0. The molecule has 0 bridgehead atoms. The van der Waals surface area contributed by atoms with Gasteiger partial charge in [0.2, 0.25) is 0 Å². The standard InChI is InChI=1S/C26H37ClO3.C7H12O2/c1-5-6-7-8-9-10-17-24(28)21-20-23(3)25(27)18-13-11-15-22(2)16-12-14-19-26(29)30-4;8-7(9)6-4-2-1-3-5-6/h6-9,11-16,18-19,23-24,28H,5,10,17,20-21H2,1-4H3;6H,1-5H2,(H,8,9)/b7-6+,9-8+,13-11+,16-12+,19-14+,22-15+,25-18-;. The van der Waals surface area contributed by atoms with Crippen LogP contribution in [0.15, 0.2) is 83.5 Å². The van der Waals surface area contributed by atoms with Crippen molar-refractivity contribution in [3.8, 4) is 0 Å². The van der Waals surface area contributed by atoms with E-state index in [1.807, 2.05) is 49.5 Å². The van der Waals surface area contributed by atoms with Gasteiger partial charge >= 0.3 is 11.9 Å². The van der Waals surface area contributed by atoms with Gasteiger partial charge in [0, 0.05) is 11.1 Å². The second-order valence-electron chi connectivity index (χ2n) is 9.74. The summed E-state index contributed by atoms with van der Waals surface area (Å²) in [4.78, 5) is 21.3. The van der Waals surface area contributed by atoms with Gasteiger partial charge in [-0.2, -0.15) is 0 Å². The first kappa shape index (κ1) is 36.4. The molecule has 0 radical (unpaired) electrons. The summed E-state index contributed by atoms with van der Waals surface area (Å²) in [6, 6.07) is 0. The minimum atomic E-state index is -0.602. The largest absolute Gasteiger partial charge is 0.481 e. The van der Waals surface area contributed by atoms with Crippen molar-refractivity contribution in [2.45, 2.75) is 91.1 Å². The van der Waals surface area contributed by atoms with Gasteiger partial charge in [-0.05, 0) is 63.9 Å². The molecule has 5 nitrogen and oxygen atoms in total. The van der Waals surface area contributed by atoms with Gasteiger partial charge in [0.05, 0.1) is 19.1 Å². The Balaban J connectivity index is 0.00000134. The van der Waals surface area contributed by atoms with Crippen molar-refractivity contribution >= 4 is 23.5 Å². The maximum atomic E-state index is 11.0. The van der Waals surface area contributed by atoms with E-state index in [2.05, 4.69) is 30.7 Å². The summed E-state index contributed by atoms with van der Waals surface area (Å²) in [7, 11) is 1.35. The molecule has 1 aliphatic rings. The number of carbonyl (C=O) groups is 2. The average Bonchev–Trinajstić information content (AvgIpc) is 2.94. The zero-order valence-electron chi connectivity index (χ0n) is 24.2. The van der Waals surface area contributed by atoms with E-state index in [9.17, 15) is 14.7 Å². The summed E-state index contributed by atoms with van der Waals surface area (Å²) in [5.41, 5.74) is 1.04. The van der Waals surface area contributed by atoms with E-state index in [1.165, 1.54) is 19.6 Å². The molecule has 0 saturated heterocycles. The van der Waals surface area contributed by atoms with Gasteiger partial charge in [0.1, 0.15) is 0 Å². The fourth-order valence-corrected chi connectivity index (χ4v) is 3.92. The number of rotatable bonds is 15. The monoisotopic (exact) mass is 560 g/mol. The van der Waals surface area contributed by atoms with Crippen molar-refractivity contribution in [2.75, 3.05) is 7.11 Å². The van der Waals surface area contributed by atoms with Crippen LogP contribution < -0.4 is 0 Å². The maximum Gasteiger partial charge on any atom is 0.330 e. The molecule has 6 heteroatoms. The number of esters is 1. The summed E-state index contributed by atoms with van der Waals surface area (Å²) in [6.07, 6.45) is 31.9. The second-order valence-corrected chi connectivity index (χ2v) is 10.2. The number of methoxy groups -OCH3 is 1. The molecule has 1 saturated carbocycles. The molecule has 2 N–H and O–H groups in total. The lowest BCUT2D eigenvalue weighted by Gasteiger charge is -2.16. The van der Waals surface area contributed by atoms with E-state index in [4.69, 9.17) is 16.7 Å². The molecule has 0 aliphatic heterocycles. The summed E-state index contributed by atoms with van der Waals surface area (Å²) in [5.74, 6) is -0.796. The fraction of sp³-hybridized carbons (Fsp3) is 0.515. The van der Waals surface area contributed by atoms with E-state index >= 15 is 0 Å². The molecule has 2 unspecified atom stereocenters. The predicted molar refractivity (Wildman–Crippen MR) is 164 cm³/mol. The van der Waals surface area contributed by atoms with Crippen molar-refractivity contribution in [3.05, 3.63) is 83.5 Å². The van der Waals surface area contributed by atoms with Crippen LogP contribution in [0.4, 0.5) is 0 Å². The zero-order valence-corrected chi connectivity index (χ0v) is 25.0. The first-order valence-electron chi connectivity index (χ1n) is 14.1. The minimum absolute atomic E-state index is 0.0289. The highest BCUT2D eigenvalue weighted by molar-refractivity contribution is 6.29. The van der Waals surface area contributed by atoms with Crippen molar-refractivity contribution < 1.29 is 24.5 Å². The van der Waals surface area contributed by atoms with Gasteiger partial charge in [0.25, 0.3) is 0 Å². The van der Waals surface area contributed by atoms with Crippen LogP contribution in [0.2, 0.25) is 0 Å². The smallest absolute Gasteiger partial charge is 0.330 e. The number of aliphatic hydroxyl groups is 1. The number of halogens is 1. The number of carbonyl (C=O) groups excluding carboxylic acids is 1. The number of ether oxygens (including phenoxy) is 1. The summed E-state index contributed by atoms with van der Waals surface area (Å²) >= 11 is 6.37. The van der Waals surface area contributed by atoms with Crippen LogP contribution in [0, 0.1) is 11.8 Å². The Morgan fingerprint density at radius 3 is 2.18 bits per heavy atom. The zero-order chi connectivity index (χ0) is 29.3. The van der Waals surface area contributed by atoms with E-state index in [1.54, 1.807) is 12.2 Å². The third kappa shape index (κ3) is 21.9. The Morgan fingerprint density at radius 1 is 0.923 bits per heavy atom. The molecule has 0 spiro atoms. The third-order valence-corrected chi connectivity index (χ3v) is 6.77. The molecule has 2 atom stereocenters. The molecule has 0 aromatic heterocycles. The van der Waals surface area contributed by atoms with Crippen molar-refractivity contribution in [1.82, 2.24) is 0 Å². The normalized spacial score (nSPS) is 17.3. The molecule has 0 heterocycles. The Morgan fingerprint density at radius 2 is 1.56 bits per heavy atom. The minimum Gasteiger partial charge on any atom is -0.481 e. The molecule has 218 valence electrons. The lowest BCUT2D eigenvalue weighted by molar-refractivity contribution is -0.142. The number of aliphatic hydroxyl groups excluding tert-OH is 1. The first-order valence-corrected chi connectivity index (χ1v) is 14.4. The number of carboxylic acids is 1. The molecule has 0 aromatic carbocycles. The van der Waals surface area contributed by atoms with Gasteiger partial charge < -0.3 is 14.9 Å². The van der Waals surface area contributed by atoms with Gasteiger partial charge in [-0.1, -0.05) is 111 Å². The molecule has 1 fully saturated rings. The second kappa shape index (κ2) is 24.4. The topological polar surface area (TPSA) is 83.8 Å². The lowest BCUT2D eigenvalue weighted by Crippen LogP contribution is -2.16. The predicted octanol–water partition coefficient (Wildman–Crippen LogP) is 8.63. The van der Waals surface area contributed by atoms with Crippen LogP contribution in [-0.2, 0) is 14.3 Å². The van der Waals surface area contributed by atoms with Gasteiger partial charge in [-0.15, -0.1) is 0 Å². The molecule has 1 rings (SSSR count). The summed E-state index contributed by atoms with van der Waals surface area (Å²) in [5, 5.41) is 19.4. The van der Waals surface area contributed by atoms with Crippen molar-refractivity contribution in [1.29, 1.82) is 0 Å². The lowest BCUT2D eigenvalue weighted by atomic mass is 9.90. The number of allylic oxidation sites excluding steroid dienone is 13. The van der Waals surface area contributed by atoms with Gasteiger partial charge in [-0.25, -0.2) is 4.79 Å². The first-order chi connectivity index (χ1) is 18.7. The summed E-state index contributed by atoms with van der Waals surface area (Å²) < 4.78 is 4.52. The van der Waals surface area contributed by atoms with Crippen LogP contribution in [-0.4, -0.2) is 35.4 Å². The van der Waals surface area contributed by atoms with Crippen molar-refractivity contribution in [3.63, 3.8) is 0 Å². The Labute approximate surface area is 241 Å². The molecule has 1 aliphatic carbocycles. The van der Waals surface area contributed by atoms with E-state index in [0.717, 1.165) is 68.4 Å². The molecule has 0 aromatic rings. The third-order valence-electron chi connectivity index (χ3n) is 6.27. The molecule has 0 amide bonds. The molecule has 39 heavy (non-hydrogen) atoms. The molecular formula is C33H49ClO5. The highest BCUT2D eigenvalue weighted by Gasteiger charge is 2.19. The molecular weight excluding hydrogens is 512 g/mol. The van der Waals surface area contributed by atoms with Crippen LogP contribution >= 0.6 is 11.6 Å². The SMILES string of the molecule is CC/C=C/C=C/CCC(O)CCC(C)/C(Cl)=C/C=C/C=C(C)/C=C/C=C/C(=O)OC.O=C(O)C1CCCCC1. The number of carboxylic acid groups (broad SMARTS) is 1. The summed E-state index contributed by atoms with van der Waals surface area (Å²) in [6.45, 7) is 6.15. The van der Waals surface area contributed by atoms with E-state index in [0.29, 0.717) is 0 Å². The van der Waals surface area contributed by atoms with Crippen LogP contribution in [0.3, 0.4) is 0 Å².